The van der Waals surface area contributed by atoms with E-state index in [1.165, 1.54) is 12.8 Å². The summed E-state index contributed by atoms with van der Waals surface area (Å²) in [6.45, 7) is 6.10. The number of rotatable bonds is 7. The van der Waals surface area contributed by atoms with E-state index in [1.807, 2.05) is 13.0 Å². The molecule has 0 radical (unpaired) electrons. The van der Waals surface area contributed by atoms with E-state index in [4.69, 9.17) is 10.6 Å². The first-order valence-corrected chi connectivity index (χ1v) is 6.47. The van der Waals surface area contributed by atoms with Gasteiger partial charge < -0.3 is 15.1 Å². The van der Waals surface area contributed by atoms with E-state index < -0.39 is 0 Å². The third-order valence-electron chi connectivity index (χ3n) is 2.96. The van der Waals surface area contributed by atoms with Crippen LogP contribution in [0.15, 0.2) is 6.07 Å². The third kappa shape index (κ3) is 3.08. The molecule has 0 saturated heterocycles. The van der Waals surface area contributed by atoms with Gasteiger partial charge >= 0.3 is 0 Å². The summed E-state index contributed by atoms with van der Waals surface area (Å²) >= 11 is 0. The van der Waals surface area contributed by atoms with Crippen molar-refractivity contribution in [1.29, 1.82) is 0 Å². The molecule has 0 aromatic carbocycles. The lowest BCUT2D eigenvalue weighted by atomic mass is 10.4. The Labute approximate surface area is 108 Å². The van der Waals surface area contributed by atoms with Gasteiger partial charge in [0, 0.05) is 25.3 Å². The van der Waals surface area contributed by atoms with Crippen LogP contribution in [0.3, 0.4) is 0 Å². The highest BCUT2D eigenvalue weighted by Gasteiger charge is 2.29. The number of nitrogens with zero attached hydrogens (tertiary/aromatic N) is 3. The van der Waals surface area contributed by atoms with Gasteiger partial charge in [0.15, 0.2) is 5.82 Å². The summed E-state index contributed by atoms with van der Waals surface area (Å²) in [4.78, 5) is 11.1. The topological polar surface area (TPSA) is 76.3 Å². The normalized spacial score (nSPS) is 14.6. The third-order valence-corrected chi connectivity index (χ3v) is 2.96. The Morgan fingerprint density at radius 2 is 2.22 bits per heavy atom. The number of nitrogens with two attached hydrogens (primary N) is 1. The molecule has 0 spiro atoms. The quantitative estimate of drug-likeness (QED) is 0.561. The Kier molecular flexibility index (Phi) is 4.33. The first-order chi connectivity index (χ1) is 8.78. The van der Waals surface area contributed by atoms with Crippen molar-refractivity contribution in [2.45, 2.75) is 39.3 Å². The standard InChI is InChI=1S/C12H21N5O/c1-3-17(9-5-6-9)12-7-10(16-13)14-11(15-12)8-18-4-2/h7,9H,3-6,8,13H2,1-2H3,(H,14,15,16). The number of hydrazine groups is 1. The number of nitrogen functional groups attached to an aromatic ring is 1. The second-order valence-corrected chi connectivity index (χ2v) is 4.33. The molecular weight excluding hydrogens is 230 g/mol. The zero-order valence-electron chi connectivity index (χ0n) is 11.0. The van der Waals surface area contributed by atoms with E-state index in [9.17, 15) is 0 Å². The maximum absolute atomic E-state index is 5.45. The summed E-state index contributed by atoms with van der Waals surface area (Å²) in [5.74, 6) is 7.68. The minimum atomic E-state index is 0.418. The SMILES string of the molecule is CCOCc1nc(NN)cc(N(CC)C2CC2)n1. The Balaban J connectivity index is 2.21. The maximum atomic E-state index is 5.45. The van der Waals surface area contributed by atoms with Crippen molar-refractivity contribution in [2.75, 3.05) is 23.5 Å². The number of hydrogen-bond acceptors (Lipinski definition) is 6. The smallest absolute Gasteiger partial charge is 0.158 e. The molecule has 1 fully saturated rings. The van der Waals surface area contributed by atoms with Crippen molar-refractivity contribution < 1.29 is 4.74 Å². The zero-order chi connectivity index (χ0) is 13.0. The average molecular weight is 251 g/mol. The summed E-state index contributed by atoms with van der Waals surface area (Å²) < 4.78 is 5.35. The van der Waals surface area contributed by atoms with Crippen molar-refractivity contribution in [3.8, 4) is 0 Å². The summed E-state index contributed by atoms with van der Waals surface area (Å²) in [5.41, 5.74) is 2.59. The lowest BCUT2D eigenvalue weighted by Gasteiger charge is -2.22. The predicted molar refractivity (Wildman–Crippen MR) is 71.2 cm³/mol. The molecule has 3 N–H and O–H groups in total. The second-order valence-electron chi connectivity index (χ2n) is 4.33. The molecule has 6 heteroatoms. The lowest BCUT2D eigenvalue weighted by molar-refractivity contribution is 0.128. The van der Waals surface area contributed by atoms with Crippen LogP contribution in [0.1, 0.15) is 32.5 Å². The van der Waals surface area contributed by atoms with Gasteiger partial charge in [0.2, 0.25) is 0 Å². The highest BCUT2D eigenvalue weighted by Crippen LogP contribution is 2.31. The second kappa shape index (κ2) is 5.97. The maximum Gasteiger partial charge on any atom is 0.158 e. The van der Waals surface area contributed by atoms with Crippen molar-refractivity contribution in [3.05, 3.63) is 11.9 Å². The number of hydrogen-bond donors (Lipinski definition) is 2. The van der Waals surface area contributed by atoms with Gasteiger partial charge in [-0.1, -0.05) is 0 Å². The van der Waals surface area contributed by atoms with Crippen LogP contribution in [-0.4, -0.2) is 29.2 Å². The molecule has 0 amide bonds. The molecular formula is C12H21N5O. The molecule has 1 saturated carbocycles. The van der Waals surface area contributed by atoms with E-state index in [-0.39, 0.29) is 0 Å². The lowest BCUT2D eigenvalue weighted by Crippen LogP contribution is -2.27. The van der Waals surface area contributed by atoms with Gasteiger partial charge in [0.25, 0.3) is 0 Å². The molecule has 6 nitrogen and oxygen atoms in total. The molecule has 100 valence electrons. The van der Waals surface area contributed by atoms with Crippen LogP contribution < -0.4 is 16.2 Å². The van der Waals surface area contributed by atoms with Crippen LogP contribution in [-0.2, 0) is 11.3 Å². The van der Waals surface area contributed by atoms with Crippen LogP contribution in [0.2, 0.25) is 0 Å². The number of anilines is 2. The van der Waals surface area contributed by atoms with Crippen molar-refractivity contribution in [2.24, 2.45) is 5.84 Å². The van der Waals surface area contributed by atoms with Gasteiger partial charge in [0.05, 0.1) is 0 Å². The Hall–Kier alpha value is -1.40. The summed E-state index contributed by atoms with van der Waals surface area (Å²) in [6, 6.07) is 2.51. The average Bonchev–Trinajstić information content (AvgIpc) is 3.21. The summed E-state index contributed by atoms with van der Waals surface area (Å²) in [7, 11) is 0. The fourth-order valence-corrected chi connectivity index (χ4v) is 1.96. The van der Waals surface area contributed by atoms with Crippen molar-refractivity contribution in [3.63, 3.8) is 0 Å². The van der Waals surface area contributed by atoms with Gasteiger partial charge in [0.1, 0.15) is 18.2 Å². The summed E-state index contributed by atoms with van der Waals surface area (Å²) in [5, 5.41) is 0. The molecule has 0 bridgehead atoms. The predicted octanol–water partition coefficient (Wildman–Crippen LogP) is 1.29. The molecule has 0 unspecified atom stereocenters. The highest BCUT2D eigenvalue weighted by atomic mass is 16.5. The van der Waals surface area contributed by atoms with Crippen LogP contribution in [0.25, 0.3) is 0 Å². The van der Waals surface area contributed by atoms with E-state index in [2.05, 4.69) is 27.2 Å². The van der Waals surface area contributed by atoms with E-state index in [0.717, 1.165) is 12.4 Å². The number of aromatic nitrogens is 2. The largest absolute Gasteiger partial charge is 0.374 e. The van der Waals surface area contributed by atoms with Crippen LogP contribution in [0.5, 0.6) is 0 Å². The zero-order valence-corrected chi connectivity index (χ0v) is 11.0. The van der Waals surface area contributed by atoms with Crippen LogP contribution in [0, 0.1) is 0 Å². The monoisotopic (exact) mass is 251 g/mol. The molecule has 1 heterocycles. The van der Waals surface area contributed by atoms with Gasteiger partial charge in [-0.25, -0.2) is 15.8 Å². The van der Waals surface area contributed by atoms with Gasteiger partial charge in [-0.15, -0.1) is 0 Å². The molecule has 1 aromatic heterocycles. The number of nitrogens with one attached hydrogen (secondary N) is 1. The van der Waals surface area contributed by atoms with Gasteiger partial charge in [-0.3, -0.25) is 0 Å². The van der Waals surface area contributed by atoms with Gasteiger partial charge in [-0.05, 0) is 26.7 Å². The first kappa shape index (κ1) is 13.0. The van der Waals surface area contributed by atoms with Crippen molar-refractivity contribution >= 4 is 11.6 Å². The summed E-state index contributed by atoms with van der Waals surface area (Å²) in [6.07, 6.45) is 2.48. The Morgan fingerprint density at radius 1 is 1.44 bits per heavy atom. The van der Waals surface area contributed by atoms with Crippen molar-refractivity contribution in [1.82, 2.24) is 9.97 Å². The molecule has 1 aliphatic rings. The minimum absolute atomic E-state index is 0.418. The molecule has 1 aromatic rings. The fraction of sp³-hybridized carbons (Fsp3) is 0.667. The molecule has 0 atom stereocenters. The molecule has 18 heavy (non-hydrogen) atoms. The van der Waals surface area contributed by atoms with Crippen LogP contribution >= 0.6 is 0 Å². The molecule has 1 aliphatic carbocycles. The first-order valence-electron chi connectivity index (χ1n) is 6.47. The van der Waals surface area contributed by atoms with Gasteiger partial charge in [-0.2, -0.15) is 0 Å². The van der Waals surface area contributed by atoms with E-state index in [0.29, 0.717) is 30.9 Å². The Morgan fingerprint density at radius 3 is 2.78 bits per heavy atom. The van der Waals surface area contributed by atoms with E-state index >= 15 is 0 Å². The fourth-order valence-electron chi connectivity index (χ4n) is 1.96. The van der Waals surface area contributed by atoms with E-state index in [1.54, 1.807) is 0 Å². The minimum Gasteiger partial charge on any atom is -0.374 e. The number of ether oxygens (including phenoxy) is 1. The Bertz CT molecular complexity index is 394. The molecule has 0 aliphatic heterocycles. The highest BCUT2D eigenvalue weighted by molar-refractivity contribution is 5.50. The van der Waals surface area contributed by atoms with Crippen LogP contribution in [0.4, 0.5) is 11.6 Å². The molecule has 2 rings (SSSR count).